The third-order valence-corrected chi connectivity index (χ3v) is 6.70. The van der Waals surface area contributed by atoms with E-state index in [0.717, 1.165) is 24.0 Å². The summed E-state index contributed by atoms with van der Waals surface area (Å²) in [6.45, 7) is 3.72. The van der Waals surface area contributed by atoms with Crippen molar-refractivity contribution in [2.24, 2.45) is 0 Å². The van der Waals surface area contributed by atoms with Crippen LogP contribution in [-0.2, 0) is 21.7 Å². The normalized spacial score (nSPS) is 21.8. The third-order valence-electron chi connectivity index (χ3n) is 5.46. The molecule has 2 unspecified atom stereocenters. The highest BCUT2D eigenvalue weighted by Gasteiger charge is 2.41. The molecule has 4 nitrogen and oxygen atoms in total. The SMILES string of the molecule is CC(C)(C(=O)OCn1sc2c(c1=O)C1CCC2C1)c1ccccc1. The minimum Gasteiger partial charge on any atom is -0.442 e. The average molecular weight is 343 g/mol. The zero-order valence-corrected chi connectivity index (χ0v) is 14.8. The summed E-state index contributed by atoms with van der Waals surface area (Å²) in [5, 5.41) is 0. The molecular weight excluding hydrogens is 322 g/mol. The van der Waals surface area contributed by atoms with Crippen LogP contribution in [0.3, 0.4) is 0 Å². The van der Waals surface area contributed by atoms with Crippen molar-refractivity contribution in [2.45, 2.75) is 57.1 Å². The van der Waals surface area contributed by atoms with Crippen LogP contribution in [0.25, 0.3) is 0 Å². The molecule has 2 aliphatic rings. The zero-order chi connectivity index (χ0) is 16.9. The van der Waals surface area contributed by atoms with Crippen LogP contribution in [0.2, 0.25) is 0 Å². The summed E-state index contributed by atoms with van der Waals surface area (Å²) in [6.07, 6.45) is 3.46. The number of carbonyl (C=O) groups is 1. The summed E-state index contributed by atoms with van der Waals surface area (Å²) in [6, 6.07) is 9.59. The van der Waals surface area contributed by atoms with Crippen molar-refractivity contribution in [3.63, 3.8) is 0 Å². The molecule has 2 atom stereocenters. The molecule has 1 fully saturated rings. The molecule has 5 heteroatoms. The summed E-state index contributed by atoms with van der Waals surface area (Å²) in [4.78, 5) is 26.3. The van der Waals surface area contributed by atoms with Gasteiger partial charge in [0.2, 0.25) is 0 Å². The van der Waals surface area contributed by atoms with Gasteiger partial charge in [0.05, 0.1) is 5.41 Å². The molecule has 1 aromatic heterocycles. The topological polar surface area (TPSA) is 48.3 Å². The number of hydrogen-bond donors (Lipinski definition) is 0. The minimum absolute atomic E-state index is 0.0189. The van der Waals surface area contributed by atoms with Crippen LogP contribution >= 0.6 is 11.5 Å². The fraction of sp³-hybridized carbons (Fsp3) is 0.474. The molecule has 0 amide bonds. The van der Waals surface area contributed by atoms with E-state index in [-0.39, 0.29) is 18.3 Å². The maximum atomic E-state index is 12.6. The second-order valence-electron chi connectivity index (χ2n) is 7.31. The van der Waals surface area contributed by atoms with Crippen LogP contribution < -0.4 is 5.56 Å². The number of ether oxygens (including phenoxy) is 1. The predicted octanol–water partition coefficient (Wildman–Crippen LogP) is 3.75. The van der Waals surface area contributed by atoms with Gasteiger partial charge in [0.25, 0.3) is 5.56 Å². The van der Waals surface area contributed by atoms with Crippen molar-refractivity contribution in [1.29, 1.82) is 0 Å². The minimum atomic E-state index is -0.732. The van der Waals surface area contributed by atoms with Gasteiger partial charge in [-0.1, -0.05) is 41.9 Å². The van der Waals surface area contributed by atoms with E-state index in [9.17, 15) is 9.59 Å². The van der Waals surface area contributed by atoms with Gasteiger partial charge in [-0.25, -0.2) is 3.96 Å². The van der Waals surface area contributed by atoms with Crippen LogP contribution in [0.4, 0.5) is 0 Å². The first kappa shape index (κ1) is 15.6. The van der Waals surface area contributed by atoms with Crippen LogP contribution in [0.5, 0.6) is 0 Å². The van der Waals surface area contributed by atoms with Gasteiger partial charge in [0.1, 0.15) is 0 Å². The molecule has 0 spiro atoms. The third kappa shape index (κ3) is 2.34. The standard InChI is InChI=1S/C19H21NO3S/c1-19(2,14-6-4-3-5-7-14)18(22)23-11-20-17(21)15-12-8-9-13(10-12)16(15)24-20/h3-7,12-13H,8-11H2,1-2H3. The van der Waals surface area contributed by atoms with E-state index in [2.05, 4.69) is 0 Å². The van der Waals surface area contributed by atoms with E-state index in [1.165, 1.54) is 22.8 Å². The fourth-order valence-electron chi connectivity index (χ4n) is 3.96. The molecule has 126 valence electrons. The second-order valence-corrected chi connectivity index (χ2v) is 8.37. The lowest BCUT2D eigenvalue weighted by molar-refractivity contribution is -0.153. The van der Waals surface area contributed by atoms with Gasteiger partial charge < -0.3 is 4.74 Å². The highest BCUT2D eigenvalue weighted by atomic mass is 32.1. The Morgan fingerprint density at radius 2 is 1.96 bits per heavy atom. The summed E-state index contributed by atoms with van der Waals surface area (Å²) < 4.78 is 7.10. The van der Waals surface area contributed by atoms with Crippen LogP contribution in [0.15, 0.2) is 35.1 Å². The maximum absolute atomic E-state index is 12.6. The lowest BCUT2D eigenvalue weighted by Crippen LogP contribution is -2.32. The molecule has 0 radical (unpaired) electrons. The first-order valence-electron chi connectivity index (χ1n) is 8.45. The average Bonchev–Trinajstić information content (AvgIpc) is 3.27. The van der Waals surface area contributed by atoms with E-state index in [0.29, 0.717) is 11.8 Å². The van der Waals surface area contributed by atoms with Gasteiger partial charge >= 0.3 is 5.97 Å². The van der Waals surface area contributed by atoms with E-state index in [1.54, 1.807) is 3.96 Å². The molecule has 2 aliphatic carbocycles. The molecular formula is C19H21NO3S. The number of carbonyl (C=O) groups excluding carboxylic acids is 1. The Kier molecular flexibility index (Phi) is 3.64. The monoisotopic (exact) mass is 343 g/mol. The Bertz CT molecular complexity index is 834. The number of rotatable bonds is 4. The lowest BCUT2D eigenvalue weighted by atomic mass is 9.85. The van der Waals surface area contributed by atoms with Gasteiger partial charge in [-0.05, 0) is 50.5 Å². The van der Waals surface area contributed by atoms with Gasteiger partial charge in [-0.15, -0.1) is 0 Å². The summed E-state index contributed by atoms with van der Waals surface area (Å²) in [7, 11) is 0. The highest BCUT2D eigenvalue weighted by molar-refractivity contribution is 7.06. The molecule has 24 heavy (non-hydrogen) atoms. The number of hydrogen-bond acceptors (Lipinski definition) is 4. The Labute approximate surface area is 145 Å². The van der Waals surface area contributed by atoms with Crippen molar-refractivity contribution < 1.29 is 9.53 Å². The molecule has 0 N–H and O–H groups in total. The molecule has 1 heterocycles. The highest BCUT2D eigenvalue weighted by Crippen LogP contribution is 2.53. The Hall–Kier alpha value is -1.88. The van der Waals surface area contributed by atoms with Crippen LogP contribution in [-0.4, -0.2) is 9.93 Å². The van der Waals surface area contributed by atoms with E-state index in [1.807, 2.05) is 44.2 Å². The van der Waals surface area contributed by atoms with Gasteiger partial charge in [-0.3, -0.25) is 9.59 Å². The smallest absolute Gasteiger partial charge is 0.317 e. The van der Waals surface area contributed by atoms with Gasteiger partial charge in [0, 0.05) is 10.4 Å². The summed E-state index contributed by atoms with van der Waals surface area (Å²) >= 11 is 1.49. The first-order chi connectivity index (χ1) is 11.5. The van der Waals surface area contributed by atoms with Crippen molar-refractivity contribution in [3.05, 3.63) is 56.7 Å². The summed E-state index contributed by atoms with van der Waals surface area (Å²) in [5.41, 5.74) is 1.22. The molecule has 1 aromatic carbocycles. The zero-order valence-electron chi connectivity index (χ0n) is 14.0. The lowest BCUT2D eigenvalue weighted by Gasteiger charge is -2.22. The van der Waals surface area contributed by atoms with Crippen molar-refractivity contribution >= 4 is 17.5 Å². The number of benzene rings is 1. The van der Waals surface area contributed by atoms with E-state index in [4.69, 9.17) is 4.74 Å². The van der Waals surface area contributed by atoms with Crippen molar-refractivity contribution in [3.8, 4) is 0 Å². The number of fused-ring (bicyclic) bond motifs is 5. The Morgan fingerprint density at radius 3 is 2.67 bits per heavy atom. The second kappa shape index (κ2) is 5.59. The van der Waals surface area contributed by atoms with E-state index < -0.39 is 5.41 Å². The molecule has 2 aromatic rings. The predicted molar refractivity (Wildman–Crippen MR) is 93.5 cm³/mol. The Morgan fingerprint density at radius 1 is 1.25 bits per heavy atom. The Balaban J connectivity index is 1.50. The first-order valence-corrected chi connectivity index (χ1v) is 9.22. The van der Waals surface area contributed by atoms with Gasteiger partial charge in [0.15, 0.2) is 6.73 Å². The van der Waals surface area contributed by atoms with Crippen molar-refractivity contribution in [2.75, 3.05) is 0 Å². The van der Waals surface area contributed by atoms with Gasteiger partial charge in [-0.2, -0.15) is 0 Å². The maximum Gasteiger partial charge on any atom is 0.317 e. The molecule has 0 aliphatic heterocycles. The number of aromatic nitrogens is 1. The summed E-state index contributed by atoms with van der Waals surface area (Å²) in [5.74, 6) is 0.684. The number of nitrogens with zero attached hydrogens (tertiary/aromatic N) is 1. The molecule has 2 bridgehead atoms. The van der Waals surface area contributed by atoms with Crippen molar-refractivity contribution in [1.82, 2.24) is 3.96 Å². The molecule has 0 saturated heterocycles. The molecule has 4 rings (SSSR count). The molecule has 1 saturated carbocycles. The van der Waals surface area contributed by atoms with E-state index >= 15 is 0 Å². The quantitative estimate of drug-likeness (QED) is 0.794. The fourth-order valence-corrected chi connectivity index (χ4v) is 5.20. The van der Waals surface area contributed by atoms with Crippen LogP contribution in [0, 0.1) is 0 Å². The number of esters is 1. The van der Waals surface area contributed by atoms with Crippen LogP contribution in [0.1, 0.15) is 60.9 Å². The largest absolute Gasteiger partial charge is 0.442 e.